The second-order valence-corrected chi connectivity index (χ2v) is 4.94. The van der Waals surface area contributed by atoms with Gasteiger partial charge in [-0.25, -0.2) is 4.98 Å². The van der Waals surface area contributed by atoms with Crippen LogP contribution >= 0.6 is 11.3 Å². The topological polar surface area (TPSA) is 51.0 Å². The first-order valence-corrected chi connectivity index (χ1v) is 6.64. The van der Waals surface area contributed by atoms with Crippen molar-refractivity contribution in [3.05, 3.63) is 33.1 Å². The summed E-state index contributed by atoms with van der Waals surface area (Å²) < 4.78 is 5.12. The molecule has 17 heavy (non-hydrogen) atoms. The molecule has 5 heteroatoms. The van der Waals surface area contributed by atoms with E-state index in [2.05, 4.69) is 27.8 Å². The van der Waals surface area contributed by atoms with Gasteiger partial charge < -0.3 is 9.84 Å². The van der Waals surface area contributed by atoms with E-state index in [4.69, 9.17) is 4.52 Å². The van der Waals surface area contributed by atoms with Gasteiger partial charge in [0, 0.05) is 24.0 Å². The van der Waals surface area contributed by atoms with E-state index < -0.39 is 0 Å². The van der Waals surface area contributed by atoms with E-state index in [-0.39, 0.29) is 0 Å². The second-order valence-electron chi connectivity index (χ2n) is 3.99. The zero-order valence-corrected chi connectivity index (χ0v) is 11.2. The van der Waals surface area contributed by atoms with Gasteiger partial charge in [0.15, 0.2) is 0 Å². The van der Waals surface area contributed by atoms with Crippen molar-refractivity contribution in [1.82, 2.24) is 15.5 Å². The van der Waals surface area contributed by atoms with Crippen molar-refractivity contribution in [3.63, 3.8) is 0 Å². The standard InChI is InChI=1S/C12H17N3OS/c1-4-12-14-10(7-17-12)5-13-6-11-8(2)15-16-9(11)3/h7,13H,4-6H2,1-3H3. The van der Waals surface area contributed by atoms with Gasteiger partial charge in [-0.05, 0) is 20.3 Å². The monoisotopic (exact) mass is 251 g/mol. The Morgan fingerprint density at radius 3 is 2.76 bits per heavy atom. The molecule has 2 aromatic rings. The van der Waals surface area contributed by atoms with Crippen molar-refractivity contribution in [3.8, 4) is 0 Å². The minimum Gasteiger partial charge on any atom is -0.361 e. The Hall–Kier alpha value is -1.20. The van der Waals surface area contributed by atoms with E-state index in [9.17, 15) is 0 Å². The lowest BCUT2D eigenvalue weighted by Crippen LogP contribution is -2.13. The summed E-state index contributed by atoms with van der Waals surface area (Å²) in [6.45, 7) is 7.60. The number of nitrogens with one attached hydrogen (secondary N) is 1. The first-order valence-electron chi connectivity index (χ1n) is 5.76. The fourth-order valence-corrected chi connectivity index (χ4v) is 2.41. The van der Waals surface area contributed by atoms with Crippen LogP contribution in [0.5, 0.6) is 0 Å². The Morgan fingerprint density at radius 2 is 2.18 bits per heavy atom. The average molecular weight is 251 g/mol. The summed E-state index contributed by atoms with van der Waals surface area (Å²) in [6, 6.07) is 0. The third-order valence-corrected chi connectivity index (χ3v) is 3.73. The maximum absolute atomic E-state index is 5.12. The summed E-state index contributed by atoms with van der Waals surface area (Å²) in [6.07, 6.45) is 1.01. The number of hydrogen-bond acceptors (Lipinski definition) is 5. The second kappa shape index (κ2) is 5.42. The molecule has 1 N–H and O–H groups in total. The van der Waals surface area contributed by atoms with E-state index >= 15 is 0 Å². The summed E-state index contributed by atoms with van der Waals surface area (Å²) in [5.41, 5.74) is 3.22. The van der Waals surface area contributed by atoms with Crippen LogP contribution in [0, 0.1) is 13.8 Å². The van der Waals surface area contributed by atoms with Crippen LogP contribution in [0.2, 0.25) is 0 Å². The Morgan fingerprint density at radius 1 is 1.35 bits per heavy atom. The molecule has 2 rings (SSSR count). The van der Waals surface area contributed by atoms with Crippen LogP contribution in [0.1, 0.15) is 34.6 Å². The summed E-state index contributed by atoms with van der Waals surface area (Å²) >= 11 is 1.72. The minimum absolute atomic E-state index is 0.778. The van der Waals surface area contributed by atoms with Crippen molar-refractivity contribution < 1.29 is 4.52 Å². The highest BCUT2D eigenvalue weighted by molar-refractivity contribution is 7.09. The predicted octanol–water partition coefficient (Wildman–Crippen LogP) is 2.60. The molecular weight excluding hydrogens is 234 g/mol. The van der Waals surface area contributed by atoms with E-state index in [1.54, 1.807) is 11.3 Å². The zero-order valence-electron chi connectivity index (χ0n) is 10.4. The third-order valence-electron chi connectivity index (χ3n) is 2.69. The Kier molecular flexibility index (Phi) is 3.91. The van der Waals surface area contributed by atoms with Crippen molar-refractivity contribution in [1.29, 1.82) is 0 Å². The maximum atomic E-state index is 5.12. The highest BCUT2D eigenvalue weighted by Gasteiger charge is 2.08. The van der Waals surface area contributed by atoms with Crippen LogP contribution in [0.15, 0.2) is 9.90 Å². The van der Waals surface area contributed by atoms with Crippen LogP contribution in [0.25, 0.3) is 0 Å². The first-order chi connectivity index (χ1) is 8.20. The van der Waals surface area contributed by atoms with Crippen molar-refractivity contribution in [2.75, 3.05) is 0 Å². The Bertz CT molecular complexity index is 470. The number of aryl methyl sites for hydroxylation is 3. The maximum Gasteiger partial charge on any atom is 0.138 e. The molecule has 4 nitrogen and oxygen atoms in total. The van der Waals surface area contributed by atoms with E-state index in [0.29, 0.717) is 0 Å². The normalized spacial score (nSPS) is 11.0. The molecule has 0 radical (unpaired) electrons. The molecule has 0 aliphatic carbocycles. The van der Waals surface area contributed by atoms with Gasteiger partial charge in [-0.15, -0.1) is 11.3 Å². The molecule has 0 spiro atoms. The van der Waals surface area contributed by atoms with Gasteiger partial charge in [0.1, 0.15) is 5.76 Å². The molecule has 2 aromatic heterocycles. The van der Waals surface area contributed by atoms with E-state index in [0.717, 1.165) is 42.2 Å². The number of aromatic nitrogens is 2. The van der Waals surface area contributed by atoms with Crippen LogP contribution in [-0.4, -0.2) is 10.1 Å². The predicted molar refractivity (Wildman–Crippen MR) is 68.0 cm³/mol. The highest BCUT2D eigenvalue weighted by Crippen LogP contribution is 2.13. The molecule has 0 aliphatic rings. The molecule has 0 saturated carbocycles. The molecule has 92 valence electrons. The molecular formula is C12H17N3OS. The SMILES string of the molecule is CCc1nc(CNCc2c(C)noc2C)cs1. The fraction of sp³-hybridized carbons (Fsp3) is 0.500. The van der Waals surface area contributed by atoms with Gasteiger partial charge in [-0.3, -0.25) is 0 Å². The van der Waals surface area contributed by atoms with Crippen LogP contribution in [0.4, 0.5) is 0 Å². The van der Waals surface area contributed by atoms with Gasteiger partial charge in [0.2, 0.25) is 0 Å². The highest BCUT2D eigenvalue weighted by atomic mass is 32.1. The lowest BCUT2D eigenvalue weighted by molar-refractivity contribution is 0.392. The lowest BCUT2D eigenvalue weighted by Gasteiger charge is -2.01. The molecule has 0 saturated heterocycles. The summed E-state index contributed by atoms with van der Waals surface area (Å²) in [5, 5.41) is 10.6. The lowest BCUT2D eigenvalue weighted by atomic mass is 10.2. The van der Waals surface area contributed by atoms with Crippen molar-refractivity contribution in [2.45, 2.75) is 40.3 Å². The smallest absolute Gasteiger partial charge is 0.138 e. The van der Waals surface area contributed by atoms with Crippen molar-refractivity contribution in [2.24, 2.45) is 0 Å². The van der Waals surface area contributed by atoms with Gasteiger partial charge >= 0.3 is 0 Å². The quantitative estimate of drug-likeness (QED) is 0.887. The third kappa shape index (κ3) is 2.92. The largest absolute Gasteiger partial charge is 0.361 e. The molecule has 2 heterocycles. The number of hydrogen-bond donors (Lipinski definition) is 1. The molecule has 0 unspecified atom stereocenters. The van der Waals surface area contributed by atoms with Gasteiger partial charge in [-0.1, -0.05) is 12.1 Å². The van der Waals surface area contributed by atoms with Crippen LogP contribution in [0.3, 0.4) is 0 Å². The summed E-state index contributed by atoms with van der Waals surface area (Å²) in [7, 11) is 0. The number of rotatable bonds is 5. The summed E-state index contributed by atoms with van der Waals surface area (Å²) in [4.78, 5) is 4.51. The minimum atomic E-state index is 0.778. The van der Waals surface area contributed by atoms with Gasteiger partial charge in [-0.2, -0.15) is 0 Å². The molecule has 0 amide bonds. The molecule has 0 atom stereocenters. The molecule has 0 fully saturated rings. The van der Waals surface area contributed by atoms with Gasteiger partial charge in [0.05, 0.1) is 16.4 Å². The first kappa shape index (κ1) is 12.3. The van der Waals surface area contributed by atoms with E-state index in [1.807, 2.05) is 13.8 Å². The average Bonchev–Trinajstić information content (AvgIpc) is 2.90. The molecule has 0 bridgehead atoms. The number of thiazole rings is 1. The Labute approximate surface area is 105 Å². The fourth-order valence-electron chi connectivity index (χ4n) is 1.66. The van der Waals surface area contributed by atoms with Crippen LogP contribution < -0.4 is 5.32 Å². The van der Waals surface area contributed by atoms with Crippen molar-refractivity contribution >= 4 is 11.3 Å². The Balaban J connectivity index is 1.87. The van der Waals surface area contributed by atoms with Gasteiger partial charge in [0.25, 0.3) is 0 Å². The molecule has 0 aromatic carbocycles. The zero-order chi connectivity index (χ0) is 12.3. The molecule has 0 aliphatic heterocycles. The summed E-state index contributed by atoms with van der Waals surface area (Å²) in [5.74, 6) is 0.891. The number of nitrogens with zero attached hydrogens (tertiary/aromatic N) is 2. The van der Waals surface area contributed by atoms with E-state index in [1.165, 1.54) is 5.01 Å². The van der Waals surface area contributed by atoms with Crippen LogP contribution in [-0.2, 0) is 19.5 Å².